The van der Waals surface area contributed by atoms with Crippen molar-refractivity contribution in [2.75, 3.05) is 39.9 Å². The molecule has 7 heteroatoms. The number of nitrogens with two attached hydrogens (primary N) is 1. The van der Waals surface area contributed by atoms with E-state index in [4.69, 9.17) is 10.5 Å². The van der Waals surface area contributed by atoms with Gasteiger partial charge in [0.05, 0.1) is 16.4 Å². The first kappa shape index (κ1) is 16.9. The fraction of sp³-hybridized carbons (Fsp3) is 0.600. The van der Waals surface area contributed by atoms with Gasteiger partial charge in [-0.05, 0) is 44.0 Å². The molecule has 1 saturated heterocycles. The summed E-state index contributed by atoms with van der Waals surface area (Å²) in [5, 5.41) is 2.96. The number of rotatable bonds is 7. The number of hydrogen-bond acceptors (Lipinski definition) is 5. The van der Waals surface area contributed by atoms with E-state index in [0.717, 1.165) is 50.4 Å². The van der Waals surface area contributed by atoms with Crippen LogP contribution in [-0.4, -0.2) is 56.6 Å². The molecule has 122 valence electrons. The first-order valence-electron chi connectivity index (χ1n) is 7.49. The third-order valence-corrected chi connectivity index (χ3v) is 5.04. The van der Waals surface area contributed by atoms with Gasteiger partial charge in [-0.25, -0.2) is 0 Å². The van der Waals surface area contributed by atoms with Crippen LogP contribution in [0.1, 0.15) is 32.2 Å². The Labute approximate surface area is 134 Å². The van der Waals surface area contributed by atoms with E-state index in [0.29, 0.717) is 22.2 Å². The Morgan fingerprint density at radius 2 is 2.05 bits per heavy atom. The molecule has 22 heavy (non-hydrogen) atoms. The molecule has 6 nitrogen and oxygen atoms in total. The van der Waals surface area contributed by atoms with Crippen molar-refractivity contribution in [2.24, 2.45) is 11.7 Å². The molecule has 0 unspecified atom stereocenters. The summed E-state index contributed by atoms with van der Waals surface area (Å²) < 4.78 is 5.09. The Hall–Kier alpha value is -1.44. The second kappa shape index (κ2) is 8.26. The zero-order valence-corrected chi connectivity index (χ0v) is 13.7. The molecular formula is C15H23N3O3S. The maximum atomic E-state index is 12.0. The predicted octanol–water partition coefficient (Wildman–Crippen LogP) is 0.935. The van der Waals surface area contributed by atoms with Crippen molar-refractivity contribution in [3.63, 3.8) is 0 Å². The number of likely N-dealkylation sites (tertiary alicyclic amines) is 1. The van der Waals surface area contributed by atoms with Gasteiger partial charge in [-0.2, -0.15) is 0 Å². The highest BCUT2D eigenvalue weighted by molar-refractivity contribution is 7.15. The lowest BCUT2D eigenvalue weighted by molar-refractivity contribution is 0.0929. The Kier molecular flexibility index (Phi) is 6.35. The molecule has 0 radical (unpaired) electrons. The van der Waals surface area contributed by atoms with Crippen LogP contribution in [0.25, 0.3) is 0 Å². The van der Waals surface area contributed by atoms with Crippen LogP contribution < -0.4 is 11.1 Å². The molecule has 0 atom stereocenters. The van der Waals surface area contributed by atoms with Gasteiger partial charge in [0.25, 0.3) is 11.8 Å². The maximum absolute atomic E-state index is 12.0. The summed E-state index contributed by atoms with van der Waals surface area (Å²) in [6, 6.07) is 3.24. The second-order valence-electron chi connectivity index (χ2n) is 5.52. The van der Waals surface area contributed by atoms with Crippen LogP contribution in [-0.2, 0) is 4.74 Å². The van der Waals surface area contributed by atoms with E-state index in [1.54, 1.807) is 19.2 Å². The lowest BCUT2D eigenvalue weighted by atomic mass is 9.97. The van der Waals surface area contributed by atoms with Crippen LogP contribution >= 0.6 is 11.3 Å². The molecule has 0 saturated carbocycles. The first-order chi connectivity index (χ1) is 10.6. The van der Waals surface area contributed by atoms with Crippen molar-refractivity contribution in [3.8, 4) is 0 Å². The summed E-state index contributed by atoms with van der Waals surface area (Å²) in [4.78, 5) is 26.4. The number of carbonyl (C=O) groups is 2. The molecule has 1 aromatic rings. The van der Waals surface area contributed by atoms with Crippen LogP contribution in [0.15, 0.2) is 12.1 Å². The summed E-state index contributed by atoms with van der Waals surface area (Å²) in [5.41, 5.74) is 5.19. The van der Waals surface area contributed by atoms with Gasteiger partial charge >= 0.3 is 0 Å². The molecule has 1 aliphatic rings. The molecule has 1 fully saturated rings. The largest absolute Gasteiger partial charge is 0.383 e. The van der Waals surface area contributed by atoms with Crippen LogP contribution in [0.2, 0.25) is 0 Å². The molecule has 0 bridgehead atoms. The van der Waals surface area contributed by atoms with Gasteiger partial charge in [0.1, 0.15) is 0 Å². The molecule has 2 amide bonds. The number of carbonyl (C=O) groups excluding carboxylic acids is 2. The van der Waals surface area contributed by atoms with Crippen molar-refractivity contribution in [1.29, 1.82) is 0 Å². The number of primary amides is 1. The van der Waals surface area contributed by atoms with Crippen molar-refractivity contribution < 1.29 is 14.3 Å². The van der Waals surface area contributed by atoms with E-state index in [2.05, 4.69) is 10.2 Å². The molecule has 0 spiro atoms. The van der Waals surface area contributed by atoms with Gasteiger partial charge < -0.3 is 20.7 Å². The average molecular weight is 325 g/mol. The number of thiophene rings is 1. The highest BCUT2D eigenvalue weighted by Gasteiger charge is 2.20. The Morgan fingerprint density at radius 1 is 1.36 bits per heavy atom. The lowest BCUT2D eigenvalue weighted by Crippen LogP contribution is -2.39. The van der Waals surface area contributed by atoms with Gasteiger partial charge in [0, 0.05) is 20.2 Å². The third-order valence-electron chi connectivity index (χ3n) is 3.94. The number of piperidine rings is 1. The minimum Gasteiger partial charge on any atom is -0.383 e. The quantitative estimate of drug-likeness (QED) is 0.781. The van der Waals surface area contributed by atoms with Crippen molar-refractivity contribution in [2.45, 2.75) is 12.8 Å². The molecule has 3 N–H and O–H groups in total. The van der Waals surface area contributed by atoms with Crippen molar-refractivity contribution in [3.05, 3.63) is 21.9 Å². The van der Waals surface area contributed by atoms with E-state index in [1.807, 2.05) is 0 Å². The minimum atomic E-state index is -0.493. The highest BCUT2D eigenvalue weighted by atomic mass is 32.1. The Balaban J connectivity index is 1.72. The number of ether oxygens (including phenoxy) is 1. The molecular weight excluding hydrogens is 302 g/mol. The summed E-state index contributed by atoms with van der Waals surface area (Å²) in [7, 11) is 1.72. The number of amides is 2. The van der Waals surface area contributed by atoms with Crippen LogP contribution in [0.3, 0.4) is 0 Å². The molecule has 0 aliphatic carbocycles. The number of nitrogens with zero attached hydrogens (tertiary/aromatic N) is 1. The molecule has 0 aromatic carbocycles. The van der Waals surface area contributed by atoms with Gasteiger partial charge in [0.15, 0.2) is 0 Å². The van der Waals surface area contributed by atoms with E-state index >= 15 is 0 Å². The van der Waals surface area contributed by atoms with E-state index in [1.165, 1.54) is 0 Å². The zero-order valence-electron chi connectivity index (χ0n) is 12.8. The number of nitrogens with one attached hydrogen (secondary N) is 1. The topological polar surface area (TPSA) is 84.7 Å². The fourth-order valence-corrected chi connectivity index (χ4v) is 3.33. The molecule has 2 rings (SSSR count). The van der Waals surface area contributed by atoms with Gasteiger partial charge in [-0.3, -0.25) is 9.59 Å². The van der Waals surface area contributed by atoms with Crippen molar-refractivity contribution >= 4 is 23.2 Å². The maximum Gasteiger partial charge on any atom is 0.261 e. The zero-order chi connectivity index (χ0) is 15.9. The summed E-state index contributed by atoms with van der Waals surface area (Å²) in [6.45, 7) is 4.52. The van der Waals surface area contributed by atoms with E-state index in [-0.39, 0.29) is 5.91 Å². The van der Waals surface area contributed by atoms with Gasteiger partial charge in [-0.1, -0.05) is 0 Å². The molecule has 1 aliphatic heterocycles. The van der Waals surface area contributed by atoms with E-state index < -0.39 is 5.91 Å². The van der Waals surface area contributed by atoms with Crippen LogP contribution in [0, 0.1) is 5.92 Å². The smallest absolute Gasteiger partial charge is 0.261 e. The summed E-state index contributed by atoms with van der Waals surface area (Å²) >= 11 is 1.14. The lowest BCUT2D eigenvalue weighted by Gasteiger charge is -2.31. The number of methoxy groups -OCH3 is 1. The first-order valence-corrected chi connectivity index (χ1v) is 8.31. The third kappa shape index (κ3) is 4.79. The Morgan fingerprint density at radius 3 is 2.64 bits per heavy atom. The standard InChI is InChI=1S/C15H23N3O3S/c1-21-9-8-18-6-4-11(5-7-18)10-17-15(20)13-3-2-12(22-13)14(16)19/h2-3,11H,4-10H2,1H3,(H2,16,19)(H,17,20). The van der Waals surface area contributed by atoms with Crippen LogP contribution in [0.4, 0.5) is 0 Å². The van der Waals surface area contributed by atoms with E-state index in [9.17, 15) is 9.59 Å². The van der Waals surface area contributed by atoms with Gasteiger partial charge in [-0.15, -0.1) is 11.3 Å². The summed E-state index contributed by atoms with van der Waals surface area (Å²) in [5.74, 6) is -0.106. The molecule has 2 heterocycles. The fourth-order valence-electron chi connectivity index (χ4n) is 2.55. The second-order valence-corrected chi connectivity index (χ2v) is 6.60. The normalized spacial score (nSPS) is 16.6. The van der Waals surface area contributed by atoms with Gasteiger partial charge in [0.2, 0.25) is 0 Å². The van der Waals surface area contributed by atoms with Crippen molar-refractivity contribution in [1.82, 2.24) is 10.2 Å². The monoisotopic (exact) mass is 325 g/mol. The highest BCUT2D eigenvalue weighted by Crippen LogP contribution is 2.18. The molecule has 1 aromatic heterocycles. The number of hydrogen-bond donors (Lipinski definition) is 2. The summed E-state index contributed by atoms with van der Waals surface area (Å²) in [6.07, 6.45) is 2.17. The average Bonchev–Trinajstić information content (AvgIpc) is 3.02. The Bertz CT molecular complexity index is 510. The minimum absolute atomic E-state index is 0.126. The van der Waals surface area contributed by atoms with Crippen LogP contribution in [0.5, 0.6) is 0 Å². The predicted molar refractivity (Wildman–Crippen MR) is 86.2 cm³/mol. The SMILES string of the molecule is COCCN1CCC(CNC(=O)c2ccc(C(N)=O)s2)CC1.